The van der Waals surface area contributed by atoms with Crippen molar-refractivity contribution in [2.75, 3.05) is 7.05 Å². The maximum absolute atomic E-state index is 11.5. The van der Waals surface area contributed by atoms with Crippen molar-refractivity contribution >= 4 is 12.2 Å². The number of hydrogen-bond donors (Lipinski definition) is 0. The Labute approximate surface area is 72.5 Å². The number of nitrogens with zero attached hydrogens (tertiary/aromatic N) is 2. The van der Waals surface area contributed by atoms with Gasteiger partial charge in [0.2, 0.25) is 0 Å². The second-order valence-electron chi connectivity index (χ2n) is 3.75. The highest BCUT2D eigenvalue weighted by Gasteiger charge is 2.45. The monoisotopic (exact) mass is 166 g/mol. The van der Waals surface area contributed by atoms with Gasteiger partial charge in [0.15, 0.2) is 0 Å². The minimum absolute atomic E-state index is 0.0738. The predicted octanol–water partition coefficient (Wildman–Crippen LogP) is 1.19. The van der Waals surface area contributed by atoms with Crippen molar-refractivity contribution in [3.05, 3.63) is 0 Å². The molecule has 3 nitrogen and oxygen atoms in total. The van der Waals surface area contributed by atoms with Crippen LogP contribution in [-0.2, 0) is 4.79 Å². The Morgan fingerprint density at radius 3 is 2.58 bits per heavy atom. The molecule has 2 aliphatic rings. The first-order valence-corrected chi connectivity index (χ1v) is 4.57. The summed E-state index contributed by atoms with van der Waals surface area (Å²) in [5, 5.41) is 0. The number of hydrogen-bond acceptors (Lipinski definition) is 2. The number of rotatable bonds is 0. The number of aliphatic imine (C=N–C) groups is 1. The highest BCUT2D eigenvalue weighted by molar-refractivity contribution is 5.98. The fraction of sp³-hybridized carbons (Fsp3) is 0.778. The lowest BCUT2D eigenvalue weighted by atomic mass is 9.81. The average Bonchev–Trinajstić information content (AvgIpc) is 2.36. The smallest absolute Gasteiger partial charge is 0.272 e. The zero-order chi connectivity index (χ0) is 8.60. The summed E-state index contributed by atoms with van der Waals surface area (Å²) < 4.78 is 0. The first-order chi connectivity index (χ1) is 5.76. The van der Waals surface area contributed by atoms with Gasteiger partial charge in [-0.25, -0.2) is 4.99 Å². The first kappa shape index (κ1) is 7.77. The van der Waals surface area contributed by atoms with Crippen molar-refractivity contribution in [1.82, 2.24) is 4.90 Å². The van der Waals surface area contributed by atoms with E-state index in [9.17, 15) is 4.79 Å². The molecule has 3 heteroatoms. The Balaban J connectivity index is 2.23. The van der Waals surface area contributed by atoms with Crippen molar-refractivity contribution in [1.29, 1.82) is 0 Å². The molecular weight excluding hydrogens is 152 g/mol. The zero-order valence-corrected chi connectivity index (χ0v) is 7.42. The summed E-state index contributed by atoms with van der Waals surface area (Å²) in [6.07, 6.45) is 7.25. The van der Waals surface area contributed by atoms with E-state index in [1.54, 1.807) is 6.34 Å². The minimum atomic E-state index is -0.238. The standard InChI is InChI=1S/C9H14N2O/c1-11-7-10-8(12)9(11)5-3-2-4-6-9/h7H,2-6H2,1H3. The van der Waals surface area contributed by atoms with Gasteiger partial charge in [0.05, 0.1) is 6.34 Å². The third-order valence-electron chi connectivity index (χ3n) is 3.10. The summed E-state index contributed by atoms with van der Waals surface area (Å²) in [7, 11) is 1.96. The lowest BCUT2D eigenvalue weighted by Gasteiger charge is -2.36. The lowest BCUT2D eigenvalue weighted by molar-refractivity contribution is -0.126. The molecule has 0 bridgehead atoms. The van der Waals surface area contributed by atoms with Gasteiger partial charge in [-0.05, 0) is 12.8 Å². The van der Waals surface area contributed by atoms with Gasteiger partial charge < -0.3 is 4.90 Å². The molecule has 0 aromatic rings. The molecule has 1 fully saturated rings. The van der Waals surface area contributed by atoms with Crippen LogP contribution < -0.4 is 0 Å². The van der Waals surface area contributed by atoms with Crippen LogP contribution in [0, 0.1) is 0 Å². The van der Waals surface area contributed by atoms with Gasteiger partial charge in [0.25, 0.3) is 5.91 Å². The van der Waals surface area contributed by atoms with Crippen molar-refractivity contribution in [2.24, 2.45) is 4.99 Å². The summed E-state index contributed by atoms with van der Waals surface area (Å²) in [4.78, 5) is 17.4. The van der Waals surface area contributed by atoms with E-state index in [0.29, 0.717) is 0 Å². The molecule has 1 aliphatic carbocycles. The molecule has 0 aromatic carbocycles. The molecule has 1 saturated carbocycles. The summed E-state index contributed by atoms with van der Waals surface area (Å²) in [6, 6.07) is 0. The highest BCUT2D eigenvalue weighted by Crippen LogP contribution is 2.35. The van der Waals surface area contributed by atoms with E-state index >= 15 is 0 Å². The van der Waals surface area contributed by atoms with Crippen molar-refractivity contribution in [3.8, 4) is 0 Å². The van der Waals surface area contributed by atoms with E-state index in [0.717, 1.165) is 12.8 Å². The Bertz CT molecular complexity index is 229. The van der Waals surface area contributed by atoms with E-state index in [4.69, 9.17) is 0 Å². The largest absolute Gasteiger partial charge is 0.351 e. The van der Waals surface area contributed by atoms with E-state index in [2.05, 4.69) is 4.99 Å². The minimum Gasteiger partial charge on any atom is -0.351 e. The Kier molecular flexibility index (Phi) is 1.67. The summed E-state index contributed by atoms with van der Waals surface area (Å²) in [6.45, 7) is 0. The van der Waals surface area contributed by atoms with Gasteiger partial charge in [-0.2, -0.15) is 0 Å². The first-order valence-electron chi connectivity index (χ1n) is 4.57. The second kappa shape index (κ2) is 2.57. The molecule has 0 radical (unpaired) electrons. The second-order valence-corrected chi connectivity index (χ2v) is 3.75. The SMILES string of the molecule is CN1C=NC(=O)C12CCCCC2. The Morgan fingerprint density at radius 1 is 1.42 bits per heavy atom. The van der Waals surface area contributed by atoms with Gasteiger partial charge in [-0.1, -0.05) is 19.3 Å². The van der Waals surface area contributed by atoms with Crippen LogP contribution in [0.2, 0.25) is 0 Å². The molecule has 1 amide bonds. The molecule has 1 spiro atoms. The summed E-state index contributed by atoms with van der Waals surface area (Å²) in [5.41, 5.74) is -0.238. The lowest BCUT2D eigenvalue weighted by Crippen LogP contribution is -2.48. The van der Waals surface area contributed by atoms with Gasteiger partial charge in [-0.15, -0.1) is 0 Å². The number of carbonyl (C=O) groups is 1. The fourth-order valence-electron chi connectivity index (χ4n) is 2.22. The molecule has 0 aromatic heterocycles. The van der Waals surface area contributed by atoms with Gasteiger partial charge in [0.1, 0.15) is 5.54 Å². The van der Waals surface area contributed by atoms with Crippen LogP contribution in [0.4, 0.5) is 0 Å². The van der Waals surface area contributed by atoms with Crippen LogP contribution in [0.5, 0.6) is 0 Å². The molecule has 1 heterocycles. The van der Waals surface area contributed by atoms with Gasteiger partial charge in [-0.3, -0.25) is 4.79 Å². The molecule has 0 atom stereocenters. The zero-order valence-electron chi connectivity index (χ0n) is 7.42. The molecule has 1 aliphatic heterocycles. The quantitative estimate of drug-likeness (QED) is 0.541. The molecule has 0 unspecified atom stereocenters. The fourth-order valence-corrected chi connectivity index (χ4v) is 2.22. The third kappa shape index (κ3) is 0.886. The van der Waals surface area contributed by atoms with E-state index in [1.807, 2.05) is 11.9 Å². The summed E-state index contributed by atoms with van der Waals surface area (Å²) >= 11 is 0. The molecule has 2 rings (SSSR count). The van der Waals surface area contributed by atoms with Crippen LogP contribution in [0.15, 0.2) is 4.99 Å². The number of amides is 1. The van der Waals surface area contributed by atoms with Crippen LogP contribution in [0.25, 0.3) is 0 Å². The van der Waals surface area contributed by atoms with Crippen molar-refractivity contribution in [2.45, 2.75) is 37.6 Å². The molecule has 12 heavy (non-hydrogen) atoms. The molecule has 66 valence electrons. The van der Waals surface area contributed by atoms with E-state index in [1.165, 1.54) is 19.3 Å². The maximum atomic E-state index is 11.5. The highest BCUT2D eigenvalue weighted by atomic mass is 16.2. The maximum Gasteiger partial charge on any atom is 0.272 e. The average molecular weight is 166 g/mol. The van der Waals surface area contributed by atoms with Crippen molar-refractivity contribution in [3.63, 3.8) is 0 Å². The van der Waals surface area contributed by atoms with Crippen LogP contribution >= 0.6 is 0 Å². The van der Waals surface area contributed by atoms with Crippen LogP contribution in [0.1, 0.15) is 32.1 Å². The van der Waals surface area contributed by atoms with Gasteiger partial charge >= 0.3 is 0 Å². The van der Waals surface area contributed by atoms with Crippen LogP contribution in [0.3, 0.4) is 0 Å². The third-order valence-corrected chi connectivity index (χ3v) is 3.10. The molecular formula is C9H14N2O. The van der Waals surface area contributed by atoms with Crippen molar-refractivity contribution < 1.29 is 4.79 Å². The Morgan fingerprint density at radius 2 is 2.08 bits per heavy atom. The predicted molar refractivity (Wildman–Crippen MR) is 47.1 cm³/mol. The number of likely N-dealkylation sites (N-methyl/N-ethyl adjacent to an activating group) is 1. The molecule has 0 N–H and O–H groups in total. The van der Waals surface area contributed by atoms with E-state index in [-0.39, 0.29) is 11.4 Å². The number of carbonyl (C=O) groups excluding carboxylic acids is 1. The molecule has 0 saturated heterocycles. The van der Waals surface area contributed by atoms with E-state index < -0.39 is 0 Å². The normalized spacial score (nSPS) is 27.1. The Hall–Kier alpha value is -0.860. The van der Waals surface area contributed by atoms with Gasteiger partial charge in [0, 0.05) is 7.05 Å². The topological polar surface area (TPSA) is 32.7 Å². The summed E-state index contributed by atoms with van der Waals surface area (Å²) in [5.74, 6) is 0.0738. The van der Waals surface area contributed by atoms with Crippen LogP contribution in [-0.4, -0.2) is 29.7 Å².